The van der Waals surface area contributed by atoms with E-state index in [2.05, 4.69) is 32.3 Å². The Balaban J connectivity index is 0.00000450. The molecular formula is C20H32F4IN5. The smallest absolute Gasteiger partial charge is 0.356 e. The van der Waals surface area contributed by atoms with Crippen LogP contribution in [0.25, 0.3) is 0 Å². The second-order valence-corrected chi connectivity index (χ2v) is 7.13. The van der Waals surface area contributed by atoms with Gasteiger partial charge in [0.1, 0.15) is 5.82 Å². The van der Waals surface area contributed by atoms with Gasteiger partial charge < -0.3 is 20.4 Å². The Kier molecular flexibility index (Phi) is 11.9. The van der Waals surface area contributed by atoms with Crippen molar-refractivity contribution in [2.75, 3.05) is 52.9 Å². The Morgan fingerprint density at radius 2 is 1.73 bits per heavy atom. The zero-order chi connectivity index (χ0) is 21.3. The summed E-state index contributed by atoms with van der Waals surface area (Å²) in [5, 5.41) is 5.99. The molecule has 0 aromatic heterocycles. The quantitative estimate of drug-likeness (QED) is 0.173. The molecule has 0 unspecified atom stereocenters. The van der Waals surface area contributed by atoms with Crippen molar-refractivity contribution in [3.63, 3.8) is 0 Å². The van der Waals surface area contributed by atoms with E-state index in [4.69, 9.17) is 0 Å². The van der Waals surface area contributed by atoms with Crippen LogP contribution in [0.1, 0.15) is 30.9 Å². The van der Waals surface area contributed by atoms with Gasteiger partial charge in [-0.05, 0) is 43.6 Å². The maximum atomic E-state index is 13.2. The highest BCUT2D eigenvalue weighted by atomic mass is 127. The molecular weight excluding hydrogens is 513 g/mol. The highest BCUT2D eigenvalue weighted by molar-refractivity contribution is 14.0. The van der Waals surface area contributed by atoms with Crippen LogP contribution >= 0.6 is 24.0 Å². The van der Waals surface area contributed by atoms with E-state index in [0.717, 1.165) is 64.2 Å². The fraction of sp³-hybridized carbons (Fsp3) is 0.650. The topological polar surface area (TPSA) is 42.9 Å². The number of hydrogen-bond acceptors (Lipinski definition) is 3. The molecule has 1 aromatic rings. The van der Waals surface area contributed by atoms with Crippen LogP contribution in [-0.4, -0.2) is 68.6 Å². The molecule has 1 saturated heterocycles. The van der Waals surface area contributed by atoms with Gasteiger partial charge in [-0.1, -0.05) is 13.0 Å². The zero-order valence-corrected chi connectivity index (χ0v) is 19.9. The molecule has 0 saturated carbocycles. The van der Waals surface area contributed by atoms with Gasteiger partial charge in [0, 0.05) is 46.3 Å². The number of rotatable bonds is 8. The Morgan fingerprint density at radius 1 is 1.07 bits per heavy atom. The van der Waals surface area contributed by atoms with Crippen LogP contribution in [-0.2, 0) is 12.7 Å². The van der Waals surface area contributed by atoms with Crippen molar-refractivity contribution in [1.82, 2.24) is 20.4 Å². The number of unbranched alkanes of at least 4 members (excludes halogenated alkanes) is 1. The minimum atomic E-state index is -4.60. The molecule has 1 heterocycles. The summed E-state index contributed by atoms with van der Waals surface area (Å²) in [4.78, 5) is 8.95. The predicted octanol–water partition coefficient (Wildman–Crippen LogP) is 3.55. The van der Waals surface area contributed by atoms with Crippen LogP contribution in [0.2, 0.25) is 0 Å². The van der Waals surface area contributed by atoms with E-state index in [9.17, 15) is 17.6 Å². The van der Waals surface area contributed by atoms with Crippen LogP contribution < -0.4 is 10.6 Å². The maximum Gasteiger partial charge on any atom is 0.416 e. The first-order valence-corrected chi connectivity index (χ1v) is 10.1. The van der Waals surface area contributed by atoms with Gasteiger partial charge in [-0.15, -0.1) is 24.0 Å². The van der Waals surface area contributed by atoms with Gasteiger partial charge in [0.15, 0.2) is 5.96 Å². The first-order valence-electron chi connectivity index (χ1n) is 10.1. The Labute approximate surface area is 193 Å². The molecule has 1 aromatic carbocycles. The van der Waals surface area contributed by atoms with Crippen molar-refractivity contribution in [3.8, 4) is 0 Å². The number of nitrogens with one attached hydrogen (secondary N) is 2. The van der Waals surface area contributed by atoms with Gasteiger partial charge in [0.2, 0.25) is 0 Å². The second kappa shape index (κ2) is 13.3. The monoisotopic (exact) mass is 545 g/mol. The number of likely N-dealkylation sites (N-methyl/N-ethyl adjacent to an activating group) is 1. The SMILES string of the molecule is CCN1CCN(CCCCNC(=NC)NCc2ccc(F)cc2C(F)(F)F)CC1.I. The van der Waals surface area contributed by atoms with E-state index in [1.165, 1.54) is 0 Å². The summed E-state index contributed by atoms with van der Waals surface area (Å²) in [5.74, 6) is -0.473. The van der Waals surface area contributed by atoms with Crippen molar-refractivity contribution in [2.45, 2.75) is 32.5 Å². The number of hydrogen-bond donors (Lipinski definition) is 2. The Hall–Kier alpha value is -1.14. The van der Waals surface area contributed by atoms with Crippen molar-refractivity contribution in [3.05, 3.63) is 35.1 Å². The highest BCUT2D eigenvalue weighted by Crippen LogP contribution is 2.32. The van der Waals surface area contributed by atoms with Gasteiger partial charge in [-0.3, -0.25) is 4.99 Å². The lowest BCUT2D eigenvalue weighted by molar-refractivity contribution is -0.138. The van der Waals surface area contributed by atoms with Crippen LogP contribution in [0.15, 0.2) is 23.2 Å². The van der Waals surface area contributed by atoms with E-state index in [1.54, 1.807) is 7.05 Å². The first-order chi connectivity index (χ1) is 13.8. The summed E-state index contributed by atoms with van der Waals surface area (Å²) in [6, 6.07) is 2.70. The van der Waals surface area contributed by atoms with Crippen LogP contribution in [0.4, 0.5) is 17.6 Å². The minimum absolute atomic E-state index is 0. The fourth-order valence-corrected chi connectivity index (χ4v) is 3.36. The van der Waals surface area contributed by atoms with Gasteiger partial charge in [-0.2, -0.15) is 13.2 Å². The van der Waals surface area contributed by atoms with Gasteiger partial charge in [-0.25, -0.2) is 4.39 Å². The first kappa shape index (κ1) is 26.9. The van der Waals surface area contributed by atoms with Gasteiger partial charge in [0.25, 0.3) is 0 Å². The molecule has 0 amide bonds. The molecule has 172 valence electrons. The maximum absolute atomic E-state index is 13.2. The summed E-state index contributed by atoms with van der Waals surface area (Å²) in [7, 11) is 1.57. The lowest BCUT2D eigenvalue weighted by Gasteiger charge is -2.34. The number of alkyl halides is 3. The molecule has 1 fully saturated rings. The summed E-state index contributed by atoms with van der Waals surface area (Å²) < 4.78 is 52.4. The number of nitrogens with zero attached hydrogens (tertiary/aromatic N) is 3. The van der Waals surface area contributed by atoms with E-state index < -0.39 is 17.6 Å². The summed E-state index contributed by atoms with van der Waals surface area (Å²) >= 11 is 0. The molecule has 0 atom stereocenters. The molecule has 1 aliphatic rings. The molecule has 10 heteroatoms. The van der Waals surface area contributed by atoms with E-state index in [1.807, 2.05) is 0 Å². The summed E-state index contributed by atoms with van der Waals surface area (Å²) in [6.07, 6.45) is -2.61. The van der Waals surface area contributed by atoms with Crippen molar-refractivity contribution >= 4 is 29.9 Å². The van der Waals surface area contributed by atoms with E-state index in [-0.39, 0.29) is 36.1 Å². The number of benzene rings is 1. The Morgan fingerprint density at radius 3 is 2.33 bits per heavy atom. The van der Waals surface area contributed by atoms with E-state index >= 15 is 0 Å². The molecule has 1 aliphatic heterocycles. The van der Waals surface area contributed by atoms with Crippen LogP contribution in [0, 0.1) is 5.82 Å². The predicted molar refractivity (Wildman–Crippen MR) is 123 cm³/mol. The molecule has 0 spiro atoms. The Bertz CT molecular complexity index is 661. The van der Waals surface area contributed by atoms with Gasteiger partial charge in [0.05, 0.1) is 5.56 Å². The highest BCUT2D eigenvalue weighted by Gasteiger charge is 2.33. The lowest BCUT2D eigenvalue weighted by Crippen LogP contribution is -2.46. The van der Waals surface area contributed by atoms with E-state index in [0.29, 0.717) is 18.6 Å². The minimum Gasteiger partial charge on any atom is -0.356 e. The summed E-state index contributed by atoms with van der Waals surface area (Å²) in [6.45, 7) is 9.38. The molecule has 30 heavy (non-hydrogen) atoms. The summed E-state index contributed by atoms with van der Waals surface area (Å²) in [5.41, 5.74) is -0.989. The average molecular weight is 545 g/mol. The molecule has 0 aliphatic carbocycles. The third-order valence-corrected chi connectivity index (χ3v) is 5.15. The number of guanidine groups is 1. The van der Waals surface area contributed by atoms with Crippen LogP contribution in [0.5, 0.6) is 0 Å². The molecule has 0 radical (unpaired) electrons. The fourth-order valence-electron chi connectivity index (χ4n) is 3.36. The second-order valence-electron chi connectivity index (χ2n) is 7.13. The molecule has 5 nitrogen and oxygen atoms in total. The lowest BCUT2D eigenvalue weighted by atomic mass is 10.1. The van der Waals surface area contributed by atoms with Crippen molar-refractivity contribution in [2.24, 2.45) is 4.99 Å². The largest absolute Gasteiger partial charge is 0.416 e. The number of aliphatic imine (C=N–C) groups is 1. The normalized spacial score (nSPS) is 16.3. The molecule has 0 bridgehead atoms. The number of piperazine rings is 1. The molecule has 2 rings (SSSR count). The molecule has 2 N–H and O–H groups in total. The third kappa shape index (κ3) is 8.93. The average Bonchev–Trinajstić information content (AvgIpc) is 2.70. The van der Waals surface area contributed by atoms with Crippen LogP contribution in [0.3, 0.4) is 0 Å². The third-order valence-electron chi connectivity index (χ3n) is 5.15. The van der Waals surface area contributed by atoms with Gasteiger partial charge >= 0.3 is 6.18 Å². The standard InChI is InChI=1S/C20H31F4N5.HI/c1-3-28-10-12-29(13-11-28)9-5-4-8-26-19(25-2)27-15-16-6-7-17(21)14-18(16)20(22,23)24;/h6-7,14H,3-5,8-13,15H2,1-2H3,(H2,25,26,27);1H. The number of halogens is 5. The van der Waals surface area contributed by atoms with Crippen molar-refractivity contribution < 1.29 is 17.6 Å². The zero-order valence-electron chi connectivity index (χ0n) is 17.6. The van der Waals surface area contributed by atoms with Crippen molar-refractivity contribution in [1.29, 1.82) is 0 Å².